The Hall–Kier alpha value is -2.65. The van der Waals surface area contributed by atoms with E-state index in [-0.39, 0.29) is 43.3 Å². The van der Waals surface area contributed by atoms with Gasteiger partial charge in [-0.3, -0.25) is 13.9 Å². The highest BCUT2D eigenvalue weighted by Crippen LogP contribution is 2.27. The predicted octanol–water partition coefficient (Wildman–Crippen LogP) is 3.50. The Bertz CT molecular complexity index is 1110. The fourth-order valence-corrected chi connectivity index (χ4v) is 4.62. The van der Waals surface area contributed by atoms with Crippen LogP contribution in [-0.2, 0) is 26.2 Å². The van der Waals surface area contributed by atoms with E-state index in [0.29, 0.717) is 10.7 Å². The Morgan fingerprint density at radius 2 is 1.85 bits per heavy atom. The van der Waals surface area contributed by atoms with Gasteiger partial charge in [-0.2, -0.15) is 0 Å². The minimum absolute atomic E-state index is 0.0264. The summed E-state index contributed by atoms with van der Waals surface area (Å²) in [4.78, 5) is 26.5. The first kappa shape index (κ1) is 26.6. The number of anilines is 1. The molecule has 0 unspecified atom stereocenters. The van der Waals surface area contributed by atoms with Crippen LogP contribution in [0.15, 0.2) is 42.5 Å². The molecule has 2 rings (SSSR count). The number of benzene rings is 2. The number of carbonyl (C=O) groups is 2. The molecule has 0 saturated carbocycles. The first-order valence-corrected chi connectivity index (χ1v) is 12.7. The highest BCUT2D eigenvalue weighted by Gasteiger charge is 2.27. The summed E-state index contributed by atoms with van der Waals surface area (Å²) < 4.78 is 40.2. The Morgan fingerprint density at radius 1 is 1.18 bits per heavy atom. The minimum Gasteiger partial charge on any atom is -0.357 e. The molecule has 7 nitrogen and oxygen atoms in total. The van der Waals surface area contributed by atoms with Crippen LogP contribution in [0.2, 0.25) is 5.02 Å². The number of nitrogens with one attached hydrogen (secondary N) is 1. The van der Waals surface area contributed by atoms with Gasteiger partial charge in [0, 0.05) is 37.1 Å². The molecule has 0 aliphatic carbocycles. The largest absolute Gasteiger partial charge is 0.357 e. The van der Waals surface area contributed by atoms with Gasteiger partial charge in [-0.25, -0.2) is 12.8 Å². The lowest BCUT2D eigenvalue weighted by Gasteiger charge is -2.29. The second-order valence-corrected chi connectivity index (χ2v) is 10.1. The Labute approximate surface area is 199 Å². The molecule has 0 radical (unpaired) electrons. The van der Waals surface area contributed by atoms with Crippen LogP contribution in [0.1, 0.15) is 30.9 Å². The molecule has 1 atom stereocenters. The molecular weight excluding hydrogens is 469 g/mol. The maximum Gasteiger partial charge on any atom is 0.242 e. The number of nitrogens with zero attached hydrogens (tertiary/aromatic N) is 2. The number of amides is 2. The van der Waals surface area contributed by atoms with E-state index in [1.165, 1.54) is 22.3 Å². The van der Waals surface area contributed by atoms with Gasteiger partial charge in [0.25, 0.3) is 0 Å². The Balaban J connectivity index is 2.19. The average Bonchev–Trinajstić information content (AvgIpc) is 2.76. The van der Waals surface area contributed by atoms with Crippen molar-refractivity contribution >= 4 is 39.1 Å². The number of rotatable bonds is 10. The van der Waals surface area contributed by atoms with Gasteiger partial charge >= 0.3 is 0 Å². The lowest BCUT2D eigenvalue weighted by molar-refractivity contribution is -0.140. The van der Waals surface area contributed by atoms with Gasteiger partial charge in [-0.05, 0) is 44.0 Å². The fourth-order valence-electron chi connectivity index (χ4n) is 3.44. The maximum absolute atomic E-state index is 14.2. The van der Waals surface area contributed by atoms with Gasteiger partial charge in [-0.15, -0.1) is 0 Å². The summed E-state index contributed by atoms with van der Waals surface area (Å²) in [6.45, 7) is 3.31. The average molecular weight is 498 g/mol. The quantitative estimate of drug-likeness (QED) is 0.544. The molecule has 0 spiro atoms. The number of sulfonamides is 1. The molecule has 33 heavy (non-hydrogen) atoms. The third-order valence-corrected chi connectivity index (χ3v) is 6.72. The van der Waals surface area contributed by atoms with Crippen LogP contribution in [0.3, 0.4) is 0 Å². The molecule has 0 bridgehead atoms. The van der Waals surface area contributed by atoms with Crippen molar-refractivity contribution in [1.29, 1.82) is 0 Å². The monoisotopic (exact) mass is 497 g/mol. The van der Waals surface area contributed by atoms with E-state index in [0.717, 1.165) is 11.8 Å². The number of carbonyl (C=O) groups excluding carboxylic acids is 2. The van der Waals surface area contributed by atoms with E-state index in [1.54, 1.807) is 50.2 Å². The SMILES string of the molecule is CNC(=O)[C@@H](C)N(Cc1ccccc1F)C(=O)CCCN(c1cc(Cl)ccc1C)S(C)(=O)=O. The molecule has 0 fully saturated rings. The maximum atomic E-state index is 14.2. The van der Waals surface area contributed by atoms with Crippen molar-refractivity contribution in [3.05, 3.63) is 64.4 Å². The van der Waals surface area contributed by atoms with Crippen LogP contribution in [0.5, 0.6) is 0 Å². The summed E-state index contributed by atoms with van der Waals surface area (Å²) in [7, 11) is -2.17. The third kappa shape index (κ3) is 7.17. The van der Waals surface area contributed by atoms with E-state index in [9.17, 15) is 22.4 Å². The third-order valence-electron chi connectivity index (χ3n) is 5.30. The van der Waals surface area contributed by atoms with Crippen molar-refractivity contribution in [2.75, 3.05) is 24.2 Å². The zero-order valence-electron chi connectivity index (χ0n) is 19.1. The van der Waals surface area contributed by atoms with Crippen LogP contribution in [-0.4, -0.2) is 51.0 Å². The van der Waals surface area contributed by atoms with E-state index >= 15 is 0 Å². The van der Waals surface area contributed by atoms with Crippen LogP contribution in [0, 0.1) is 12.7 Å². The number of hydrogen-bond acceptors (Lipinski definition) is 4. The van der Waals surface area contributed by atoms with Crippen molar-refractivity contribution in [3.63, 3.8) is 0 Å². The van der Waals surface area contributed by atoms with Crippen molar-refractivity contribution in [2.45, 2.75) is 39.3 Å². The normalized spacial score (nSPS) is 12.2. The topological polar surface area (TPSA) is 86.8 Å². The zero-order valence-corrected chi connectivity index (χ0v) is 20.7. The summed E-state index contributed by atoms with van der Waals surface area (Å²) in [5.41, 5.74) is 1.46. The number of halogens is 2. The van der Waals surface area contributed by atoms with Crippen molar-refractivity contribution in [3.8, 4) is 0 Å². The summed E-state index contributed by atoms with van der Waals surface area (Å²) >= 11 is 6.05. The first-order chi connectivity index (χ1) is 15.5. The van der Waals surface area contributed by atoms with Crippen LogP contribution < -0.4 is 9.62 Å². The van der Waals surface area contributed by atoms with Gasteiger partial charge < -0.3 is 10.2 Å². The standard InChI is InChI=1S/C23H29ClFN3O4S/c1-16-11-12-19(24)14-21(16)28(33(4,31)32)13-7-10-22(29)27(17(2)23(30)26-3)15-18-8-5-6-9-20(18)25/h5-6,8-9,11-12,14,17H,7,10,13,15H2,1-4H3,(H,26,30)/t17-/m1/s1. The molecule has 2 amide bonds. The second kappa shape index (κ2) is 11.5. The number of hydrogen-bond donors (Lipinski definition) is 1. The molecule has 0 heterocycles. The molecule has 180 valence electrons. The van der Waals surface area contributed by atoms with E-state index in [4.69, 9.17) is 11.6 Å². The molecule has 2 aromatic rings. The zero-order chi connectivity index (χ0) is 24.8. The van der Waals surface area contributed by atoms with Gasteiger partial charge in [0.05, 0.1) is 11.9 Å². The van der Waals surface area contributed by atoms with E-state index in [2.05, 4.69) is 5.32 Å². The summed E-state index contributed by atoms with van der Waals surface area (Å²) in [5, 5.41) is 2.90. The smallest absolute Gasteiger partial charge is 0.242 e. The first-order valence-electron chi connectivity index (χ1n) is 10.4. The van der Waals surface area contributed by atoms with Gasteiger partial charge in [0.15, 0.2) is 0 Å². The molecular formula is C23H29ClFN3O4S. The van der Waals surface area contributed by atoms with Crippen LogP contribution in [0.4, 0.5) is 10.1 Å². The van der Waals surface area contributed by atoms with Crippen molar-refractivity contribution < 1.29 is 22.4 Å². The van der Waals surface area contributed by atoms with Crippen molar-refractivity contribution in [2.24, 2.45) is 0 Å². The molecule has 0 aliphatic rings. The number of aryl methyl sites for hydroxylation is 1. The lowest BCUT2D eigenvalue weighted by atomic mass is 10.1. The van der Waals surface area contributed by atoms with E-state index in [1.807, 2.05) is 0 Å². The summed E-state index contributed by atoms with van der Waals surface area (Å²) in [6, 6.07) is 10.2. The van der Waals surface area contributed by atoms with Crippen LogP contribution in [0.25, 0.3) is 0 Å². The van der Waals surface area contributed by atoms with Crippen LogP contribution >= 0.6 is 11.6 Å². The fraction of sp³-hybridized carbons (Fsp3) is 0.391. The Morgan fingerprint density at radius 3 is 2.45 bits per heavy atom. The van der Waals surface area contributed by atoms with E-state index < -0.39 is 21.9 Å². The van der Waals surface area contributed by atoms with Gasteiger partial charge in [0.2, 0.25) is 21.8 Å². The van der Waals surface area contributed by atoms with Gasteiger partial charge in [0.1, 0.15) is 11.9 Å². The Kier molecular flexibility index (Phi) is 9.25. The molecule has 0 aliphatic heterocycles. The minimum atomic E-state index is -3.63. The predicted molar refractivity (Wildman–Crippen MR) is 128 cm³/mol. The molecule has 10 heteroatoms. The highest BCUT2D eigenvalue weighted by atomic mass is 35.5. The number of likely N-dealkylation sites (N-methyl/N-ethyl adjacent to an activating group) is 1. The van der Waals surface area contributed by atoms with Crippen molar-refractivity contribution in [1.82, 2.24) is 10.2 Å². The van der Waals surface area contributed by atoms with Gasteiger partial charge in [-0.1, -0.05) is 35.9 Å². The molecule has 0 saturated heterocycles. The summed E-state index contributed by atoms with van der Waals surface area (Å²) in [6.07, 6.45) is 1.26. The molecule has 2 aromatic carbocycles. The molecule has 0 aromatic heterocycles. The lowest BCUT2D eigenvalue weighted by Crippen LogP contribution is -2.47. The summed E-state index contributed by atoms with van der Waals surface area (Å²) in [5.74, 6) is -1.24. The highest BCUT2D eigenvalue weighted by molar-refractivity contribution is 7.92. The second-order valence-electron chi connectivity index (χ2n) is 7.77. The molecule has 1 N–H and O–H groups in total.